The Kier molecular flexibility index (Phi) is 6.05. The highest BCUT2D eigenvalue weighted by atomic mass is 35.5. The lowest BCUT2D eigenvalue weighted by molar-refractivity contribution is 0.257. The van der Waals surface area contributed by atoms with Crippen molar-refractivity contribution in [3.8, 4) is 0 Å². The molecule has 0 aliphatic heterocycles. The SMILES string of the molecule is CCN(Cc1ccc(Cl)c(F)c1)CC(C)/C(N)=N/O. The molecule has 19 heavy (non-hydrogen) atoms. The van der Waals surface area contributed by atoms with Crippen molar-refractivity contribution in [2.45, 2.75) is 20.4 Å². The van der Waals surface area contributed by atoms with Crippen LogP contribution in [-0.2, 0) is 6.54 Å². The quantitative estimate of drug-likeness (QED) is 0.366. The largest absolute Gasteiger partial charge is 0.409 e. The highest BCUT2D eigenvalue weighted by molar-refractivity contribution is 6.30. The number of rotatable bonds is 6. The zero-order chi connectivity index (χ0) is 14.4. The van der Waals surface area contributed by atoms with Crippen LogP contribution >= 0.6 is 11.6 Å². The highest BCUT2D eigenvalue weighted by Crippen LogP contribution is 2.17. The van der Waals surface area contributed by atoms with Gasteiger partial charge in [0.05, 0.1) is 5.02 Å². The van der Waals surface area contributed by atoms with Crippen LogP contribution in [0, 0.1) is 11.7 Å². The van der Waals surface area contributed by atoms with E-state index in [0.29, 0.717) is 13.1 Å². The molecule has 1 aromatic carbocycles. The van der Waals surface area contributed by atoms with Crippen LogP contribution in [0.3, 0.4) is 0 Å². The molecule has 0 aromatic heterocycles. The zero-order valence-corrected chi connectivity index (χ0v) is 11.9. The molecule has 4 nitrogen and oxygen atoms in total. The van der Waals surface area contributed by atoms with Crippen LogP contribution in [0.1, 0.15) is 19.4 Å². The predicted molar refractivity (Wildman–Crippen MR) is 74.9 cm³/mol. The lowest BCUT2D eigenvalue weighted by Crippen LogP contribution is -2.34. The number of oxime groups is 1. The minimum Gasteiger partial charge on any atom is -0.409 e. The molecular weight excluding hydrogens is 269 g/mol. The van der Waals surface area contributed by atoms with E-state index in [0.717, 1.165) is 12.1 Å². The molecule has 106 valence electrons. The molecule has 0 saturated carbocycles. The van der Waals surface area contributed by atoms with E-state index in [9.17, 15) is 4.39 Å². The maximum absolute atomic E-state index is 13.4. The lowest BCUT2D eigenvalue weighted by atomic mass is 10.1. The van der Waals surface area contributed by atoms with Gasteiger partial charge in [-0.2, -0.15) is 0 Å². The van der Waals surface area contributed by atoms with Crippen LogP contribution in [0.4, 0.5) is 4.39 Å². The Morgan fingerprint density at radius 1 is 1.58 bits per heavy atom. The molecule has 0 spiro atoms. The lowest BCUT2D eigenvalue weighted by Gasteiger charge is -2.23. The van der Waals surface area contributed by atoms with Crippen LogP contribution in [0.5, 0.6) is 0 Å². The second kappa shape index (κ2) is 7.31. The fraction of sp³-hybridized carbons (Fsp3) is 0.462. The van der Waals surface area contributed by atoms with Gasteiger partial charge in [-0.3, -0.25) is 4.90 Å². The fourth-order valence-corrected chi connectivity index (χ4v) is 1.90. The monoisotopic (exact) mass is 287 g/mol. The normalized spacial score (nSPS) is 13.8. The van der Waals surface area contributed by atoms with Crippen LogP contribution in [0.15, 0.2) is 23.4 Å². The number of halogens is 2. The molecule has 0 radical (unpaired) electrons. The summed E-state index contributed by atoms with van der Waals surface area (Å²) in [7, 11) is 0. The summed E-state index contributed by atoms with van der Waals surface area (Å²) in [6, 6.07) is 4.77. The predicted octanol–water partition coefficient (Wildman–Crippen LogP) is 2.68. The van der Waals surface area contributed by atoms with Gasteiger partial charge in [0.2, 0.25) is 0 Å². The fourth-order valence-electron chi connectivity index (χ4n) is 1.78. The Morgan fingerprint density at radius 3 is 2.79 bits per heavy atom. The Hall–Kier alpha value is -1.33. The van der Waals surface area contributed by atoms with Gasteiger partial charge in [-0.1, -0.05) is 36.7 Å². The van der Waals surface area contributed by atoms with E-state index in [-0.39, 0.29) is 16.8 Å². The molecule has 1 unspecified atom stereocenters. The van der Waals surface area contributed by atoms with Crippen LogP contribution < -0.4 is 5.73 Å². The molecule has 1 rings (SSSR count). The van der Waals surface area contributed by atoms with E-state index < -0.39 is 5.82 Å². The molecule has 0 fully saturated rings. The van der Waals surface area contributed by atoms with E-state index in [4.69, 9.17) is 22.5 Å². The molecular formula is C13H19ClFN3O. The summed E-state index contributed by atoms with van der Waals surface area (Å²) in [6.07, 6.45) is 0. The van der Waals surface area contributed by atoms with Crippen molar-refractivity contribution in [3.63, 3.8) is 0 Å². The summed E-state index contributed by atoms with van der Waals surface area (Å²) in [5, 5.41) is 11.7. The Labute approximate surface area is 117 Å². The van der Waals surface area contributed by atoms with Crippen molar-refractivity contribution < 1.29 is 9.60 Å². The Morgan fingerprint density at radius 2 is 2.26 bits per heavy atom. The summed E-state index contributed by atoms with van der Waals surface area (Å²) in [4.78, 5) is 2.09. The third-order valence-corrected chi connectivity index (χ3v) is 3.30. The third kappa shape index (κ3) is 4.69. The van der Waals surface area contributed by atoms with Gasteiger partial charge in [0, 0.05) is 19.0 Å². The van der Waals surface area contributed by atoms with Crippen molar-refractivity contribution in [3.05, 3.63) is 34.6 Å². The smallest absolute Gasteiger partial charge is 0.143 e. The van der Waals surface area contributed by atoms with Crippen molar-refractivity contribution >= 4 is 17.4 Å². The van der Waals surface area contributed by atoms with Crippen molar-refractivity contribution in [1.82, 2.24) is 4.90 Å². The standard InChI is InChI=1S/C13H19ClFN3O/c1-3-18(7-9(2)13(16)17-19)8-10-4-5-11(14)12(15)6-10/h4-6,9,19H,3,7-8H2,1-2H3,(H2,16,17). The Bertz CT molecular complexity index is 454. The molecule has 1 aromatic rings. The number of nitrogens with zero attached hydrogens (tertiary/aromatic N) is 2. The summed E-state index contributed by atoms with van der Waals surface area (Å²) >= 11 is 5.65. The Balaban J connectivity index is 2.68. The van der Waals surface area contributed by atoms with Crippen LogP contribution in [0.25, 0.3) is 0 Å². The molecule has 1 atom stereocenters. The topological polar surface area (TPSA) is 61.8 Å². The van der Waals surface area contributed by atoms with Crippen LogP contribution in [-0.4, -0.2) is 29.0 Å². The van der Waals surface area contributed by atoms with Crippen molar-refractivity contribution in [1.29, 1.82) is 0 Å². The molecule has 0 aliphatic rings. The number of hydrogen-bond acceptors (Lipinski definition) is 3. The first-order valence-electron chi connectivity index (χ1n) is 6.11. The minimum absolute atomic E-state index is 0.0675. The number of amidine groups is 1. The maximum Gasteiger partial charge on any atom is 0.143 e. The highest BCUT2D eigenvalue weighted by Gasteiger charge is 2.13. The van der Waals surface area contributed by atoms with Gasteiger partial charge < -0.3 is 10.9 Å². The first-order valence-corrected chi connectivity index (χ1v) is 6.49. The molecule has 6 heteroatoms. The van der Waals surface area contributed by atoms with Gasteiger partial charge in [0.15, 0.2) is 0 Å². The summed E-state index contributed by atoms with van der Waals surface area (Å²) < 4.78 is 13.4. The third-order valence-electron chi connectivity index (χ3n) is 2.99. The molecule has 3 N–H and O–H groups in total. The van der Waals surface area contributed by atoms with E-state index in [2.05, 4.69) is 10.1 Å². The second-order valence-electron chi connectivity index (χ2n) is 4.50. The van der Waals surface area contributed by atoms with Gasteiger partial charge >= 0.3 is 0 Å². The van der Waals surface area contributed by atoms with Crippen LogP contribution in [0.2, 0.25) is 5.02 Å². The van der Waals surface area contributed by atoms with Gasteiger partial charge in [0.25, 0.3) is 0 Å². The molecule has 0 aliphatic carbocycles. The van der Waals surface area contributed by atoms with Crippen molar-refractivity contribution in [2.75, 3.05) is 13.1 Å². The number of benzene rings is 1. The first kappa shape index (κ1) is 15.7. The van der Waals surface area contributed by atoms with Gasteiger partial charge in [-0.15, -0.1) is 0 Å². The first-order chi connectivity index (χ1) is 8.97. The van der Waals surface area contributed by atoms with E-state index >= 15 is 0 Å². The summed E-state index contributed by atoms with van der Waals surface area (Å²) in [6.45, 7) is 5.89. The number of hydrogen-bond donors (Lipinski definition) is 2. The number of nitrogens with two attached hydrogens (primary N) is 1. The van der Waals surface area contributed by atoms with E-state index in [1.807, 2.05) is 13.8 Å². The summed E-state index contributed by atoms with van der Waals surface area (Å²) in [5.41, 5.74) is 6.40. The molecule has 0 amide bonds. The zero-order valence-electron chi connectivity index (χ0n) is 11.1. The van der Waals surface area contributed by atoms with E-state index in [1.165, 1.54) is 6.07 Å². The molecule has 0 heterocycles. The average molecular weight is 288 g/mol. The average Bonchev–Trinajstić information content (AvgIpc) is 2.40. The summed E-state index contributed by atoms with van der Waals surface area (Å²) in [5.74, 6) is -0.289. The van der Waals surface area contributed by atoms with Crippen molar-refractivity contribution in [2.24, 2.45) is 16.8 Å². The van der Waals surface area contributed by atoms with Gasteiger partial charge in [0.1, 0.15) is 11.7 Å². The van der Waals surface area contributed by atoms with Gasteiger partial charge in [-0.05, 0) is 24.2 Å². The maximum atomic E-state index is 13.4. The minimum atomic E-state index is -0.417. The molecule has 0 saturated heterocycles. The van der Waals surface area contributed by atoms with Gasteiger partial charge in [-0.25, -0.2) is 4.39 Å². The second-order valence-corrected chi connectivity index (χ2v) is 4.91. The molecule has 0 bridgehead atoms. The van der Waals surface area contributed by atoms with E-state index in [1.54, 1.807) is 12.1 Å².